The van der Waals surface area contributed by atoms with E-state index in [4.69, 9.17) is 9.31 Å². The molecule has 0 bridgehead atoms. The van der Waals surface area contributed by atoms with Crippen LogP contribution in [-0.2, 0) is 15.7 Å². The van der Waals surface area contributed by atoms with Gasteiger partial charge in [0.05, 0.1) is 11.2 Å². The molecule has 0 unspecified atom stereocenters. The van der Waals surface area contributed by atoms with Crippen LogP contribution in [0.4, 0.5) is 4.39 Å². The van der Waals surface area contributed by atoms with Gasteiger partial charge in [0.25, 0.3) is 0 Å². The van der Waals surface area contributed by atoms with Crippen molar-refractivity contribution in [2.45, 2.75) is 70.5 Å². The van der Waals surface area contributed by atoms with Gasteiger partial charge in [-0.25, -0.2) is 4.39 Å². The van der Waals surface area contributed by atoms with E-state index in [0.717, 1.165) is 49.9 Å². The molecule has 3 nitrogen and oxygen atoms in total. The highest BCUT2D eigenvalue weighted by Gasteiger charge is 2.53. The lowest BCUT2D eigenvalue weighted by atomic mass is 9.82. The van der Waals surface area contributed by atoms with Crippen LogP contribution in [0.15, 0.2) is 23.9 Å². The molecule has 26 heavy (non-hydrogen) atoms. The molecule has 1 N–H and O–H groups in total. The Kier molecular flexibility index (Phi) is 4.53. The zero-order valence-corrected chi connectivity index (χ0v) is 16.3. The first-order valence-electron chi connectivity index (χ1n) is 9.86. The fourth-order valence-corrected chi connectivity index (χ4v) is 4.23. The summed E-state index contributed by atoms with van der Waals surface area (Å²) in [4.78, 5) is 0. The maximum Gasteiger partial charge on any atom is 0.525 e. The second kappa shape index (κ2) is 6.47. The summed E-state index contributed by atoms with van der Waals surface area (Å²) in [5, 5.41) is 3.41. The Morgan fingerprint density at radius 3 is 2.38 bits per heavy atom. The Bertz CT molecular complexity index is 722. The van der Waals surface area contributed by atoms with Crippen LogP contribution in [0.2, 0.25) is 0 Å². The molecule has 5 heteroatoms. The van der Waals surface area contributed by atoms with Gasteiger partial charge >= 0.3 is 7.12 Å². The van der Waals surface area contributed by atoms with Crippen LogP contribution in [0, 0.1) is 0 Å². The van der Waals surface area contributed by atoms with Crippen LogP contribution in [-0.4, -0.2) is 31.4 Å². The average Bonchev–Trinajstić information content (AvgIpc) is 3.12. The van der Waals surface area contributed by atoms with Crippen molar-refractivity contribution >= 4 is 12.7 Å². The molecule has 1 aromatic rings. The molecule has 2 aliphatic heterocycles. The molecule has 1 aromatic carbocycles. The van der Waals surface area contributed by atoms with Crippen LogP contribution in [0.3, 0.4) is 0 Å². The highest BCUT2D eigenvalue weighted by Crippen LogP contribution is 2.43. The molecule has 0 aromatic heterocycles. The normalized spacial score (nSPS) is 26.9. The number of piperidine rings is 1. The van der Waals surface area contributed by atoms with Crippen molar-refractivity contribution in [3.63, 3.8) is 0 Å². The van der Waals surface area contributed by atoms with E-state index >= 15 is 4.39 Å². The molecule has 0 saturated carbocycles. The molecule has 3 aliphatic rings. The van der Waals surface area contributed by atoms with E-state index in [-0.39, 0.29) is 5.73 Å². The molecule has 2 fully saturated rings. The number of benzene rings is 1. The van der Waals surface area contributed by atoms with Crippen molar-refractivity contribution in [1.29, 1.82) is 0 Å². The van der Waals surface area contributed by atoms with E-state index in [1.54, 1.807) is 0 Å². The monoisotopic (exact) mass is 357 g/mol. The predicted molar refractivity (Wildman–Crippen MR) is 104 cm³/mol. The zero-order valence-electron chi connectivity index (χ0n) is 16.3. The molecule has 0 spiro atoms. The maximum absolute atomic E-state index is 15.4. The largest absolute Gasteiger partial charge is 0.525 e. The third kappa shape index (κ3) is 3.04. The highest BCUT2D eigenvalue weighted by atomic mass is 19.1. The molecule has 140 valence electrons. The summed E-state index contributed by atoms with van der Waals surface area (Å²) in [6.07, 6.45) is 3.92. The van der Waals surface area contributed by atoms with Gasteiger partial charge in [0.2, 0.25) is 0 Å². The first kappa shape index (κ1) is 18.2. The Labute approximate surface area is 156 Å². The van der Waals surface area contributed by atoms with Crippen molar-refractivity contribution in [2.75, 3.05) is 13.1 Å². The number of hydrogen-bond donors (Lipinski definition) is 1. The molecule has 2 saturated heterocycles. The first-order valence-corrected chi connectivity index (χ1v) is 9.86. The van der Waals surface area contributed by atoms with E-state index in [1.165, 1.54) is 11.1 Å². The minimum absolute atomic E-state index is 0.245. The van der Waals surface area contributed by atoms with Crippen molar-refractivity contribution in [2.24, 2.45) is 0 Å². The summed E-state index contributed by atoms with van der Waals surface area (Å²) in [5.74, 6) is 0.573. The minimum Gasteiger partial charge on any atom is -0.398 e. The van der Waals surface area contributed by atoms with Crippen molar-refractivity contribution in [1.82, 2.24) is 5.32 Å². The highest BCUT2D eigenvalue weighted by molar-refractivity contribution is 6.55. The van der Waals surface area contributed by atoms with Crippen LogP contribution in [0.1, 0.15) is 69.6 Å². The van der Waals surface area contributed by atoms with Gasteiger partial charge in [-0.15, -0.1) is 0 Å². The second-order valence-electron chi connectivity index (χ2n) is 8.86. The number of nitrogens with one attached hydrogen (secondary N) is 1. The van der Waals surface area contributed by atoms with Crippen LogP contribution in [0.5, 0.6) is 0 Å². The summed E-state index contributed by atoms with van der Waals surface area (Å²) >= 11 is 0. The van der Waals surface area contributed by atoms with Crippen LogP contribution in [0.25, 0.3) is 5.57 Å². The molecule has 2 heterocycles. The third-order valence-electron chi connectivity index (χ3n) is 6.66. The molecular formula is C21H29BFNO2. The molecular weight excluding hydrogens is 328 g/mol. The lowest BCUT2D eigenvalue weighted by Gasteiger charge is -2.32. The Morgan fingerprint density at radius 1 is 1.08 bits per heavy atom. The standard InChI is InChI=1S/C21H29BFNO2/c1-20(2)21(3,4)26-22(25-20)19(23)17-8-7-15-5-6-16(13-18(15)17)14-9-11-24-12-10-14/h5-6,13-14,24H,7-12H2,1-4H3. The van der Waals surface area contributed by atoms with Gasteiger partial charge in [0.15, 0.2) is 0 Å². The summed E-state index contributed by atoms with van der Waals surface area (Å²) in [6, 6.07) is 6.65. The second-order valence-corrected chi connectivity index (χ2v) is 8.86. The van der Waals surface area contributed by atoms with E-state index < -0.39 is 18.3 Å². The topological polar surface area (TPSA) is 30.5 Å². The van der Waals surface area contributed by atoms with Crippen LogP contribution < -0.4 is 5.32 Å². The third-order valence-corrected chi connectivity index (χ3v) is 6.66. The van der Waals surface area contributed by atoms with Gasteiger partial charge < -0.3 is 14.6 Å². The smallest absolute Gasteiger partial charge is 0.398 e. The molecule has 1 aliphatic carbocycles. The molecule has 0 atom stereocenters. The Hall–Kier alpha value is -1.17. The van der Waals surface area contributed by atoms with E-state index in [9.17, 15) is 0 Å². The lowest BCUT2D eigenvalue weighted by molar-refractivity contribution is 0.00578. The SMILES string of the molecule is CC1(C)OB(C(F)=C2CCc3ccc(C4CCNCC4)cc32)OC1(C)C. The van der Waals surface area contributed by atoms with Gasteiger partial charge in [-0.3, -0.25) is 0 Å². The van der Waals surface area contributed by atoms with E-state index in [2.05, 4.69) is 23.5 Å². The average molecular weight is 357 g/mol. The van der Waals surface area contributed by atoms with Crippen molar-refractivity contribution < 1.29 is 13.7 Å². The summed E-state index contributed by atoms with van der Waals surface area (Å²) in [7, 11) is -0.900. The molecule has 0 radical (unpaired) electrons. The summed E-state index contributed by atoms with van der Waals surface area (Å²) in [5.41, 5.74) is 3.13. The van der Waals surface area contributed by atoms with Crippen molar-refractivity contribution in [3.8, 4) is 0 Å². The molecule has 0 amide bonds. The van der Waals surface area contributed by atoms with Crippen LogP contribution >= 0.6 is 0 Å². The number of halogens is 1. The first-order chi connectivity index (χ1) is 12.3. The Morgan fingerprint density at radius 2 is 1.73 bits per heavy atom. The fourth-order valence-electron chi connectivity index (χ4n) is 4.23. The fraction of sp³-hybridized carbons (Fsp3) is 0.619. The quantitative estimate of drug-likeness (QED) is 0.796. The number of allylic oxidation sites excluding steroid dienone is 1. The number of aryl methyl sites for hydroxylation is 1. The van der Waals surface area contributed by atoms with E-state index in [0.29, 0.717) is 5.92 Å². The lowest BCUT2D eigenvalue weighted by Crippen LogP contribution is -2.41. The van der Waals surface area contributed by atoms with Gasteiger partial charge in [0.1, 0.15) is 5.73 Å². The number of fused-ring (bicyclic) bond motifs is 1. The predicted octanol–water partition coefficient (Wildman–Crippen LogP) is 4.41. The zero-order chi connectivity index (χ0) is 18.5. The van der Waals surface area contributed by atoms with Gasteiger partial charge in [-0.2, -0.15) is 0 Å². The minimum atomic E-state index is -0.900. The van der Waals surface area contributed by atoms with Gasteiger partial charge in [-0.1, -0.05) is 18.2 Å². The van der Waals surface area contributed by atoms with Crippen molar-refractivity contribution in [3.05, 3.63) is 40.6 Å². The molecule has 4 rings (SSSR count). The van der Waals surface area contributed by atoms with E-state index in [1.807, 2.05) is 27.7 Å². The summed E-state index contributed by atoms with van der Waals surface area (Å²) in [6.45, 7) is 9.97. The maximum atomic E-state index is 15.4. The van der Waals surface area contributed by atoms with Gasteiger partial charge in [0, 0.05) is 0 Å². The number of rotatable bonds is 2. The number of hydrogen-bond acceptors (Lipinski definition) is 3. The Balaban J connectivity index is 1.65. The van der Waals surface area contributed by atoms with Gasteiger partial charge in [-0.05, 0) is 94.6 Å². The summed E-state index contributed by atoms with van der Waals surface area (Å²) < 4.78 is 27.2.